The van der Waals surface area contributed by atoms with Gasteiger partial charge < -0.3 is 10.0 Å². The molecule has 1 aromatic carbocycles. The van der Waals surface area contributed by atoms with Crippen LogP contribution in [0.1, 0.15) is 16.8 Å². The van der Waals surface area contributed by atoms with E-state index in [4.69, 9.17) is 5.11 Å². The van der Waals surface area contributed by atoms with E-state index in [1.54, 1.807) is 23.7 Å². The Morgan fingerprint density at radius 3 is 2.50 bits per heavy atom. The Bertz CT molecular complexity index is 452. The van der Waals surface area contributed by atoms with Crippen LogP contribution < -0.4 is 4.90 Å². The number of carbonyl (C=O) groups is 1. The zero-order valence-corrected chi connectivity index (χ0v) is 10.6. The number of rotatable bonds is 3. The van der Waals surface area contributed by atoms with Gasteiger partial charge in [0.1, 0.15) is 17.3 Å². The molecule has 0 saturated carbocycles. The molecule has 0 radical (unpaired) electrons. The molecule has 0 bridgehead atoms. The third-order valence-corrected chi connectivity index (χ3v) is 4.21. The molecule has 0 aliphatic carbocycles. The molecule has 1 saturated heterocycles. The van der Waals surface area contributed by atoms with Crippen molar-refractivity contribution in [2.24, 2.45) is 0 Å². The molecular formula is C12H13F2NO2S. The largest absolute Gasteiger partial charge is 0.478 e. The molecule has 1 atom stereocenters. The number of aromatic carboxylic acids is 1. The van der Waals surface area contributed by atoms with Crippen molar-refractivity contribution in [1.82, 2.24) is 0 Å². The van der Waals surface area contributed by atoms with Crippen LogP contribution in [-0.4, -0.2) is 35.7 Å². The van der Waals surface area contributed by atoms with Crippen LogP contribution in [0, 0.1) is 11.6 Å². The van der Waals surface area contributed by atoms with Gasteiger partial charge in [-0.15, -0.1) is 0 Å². The van der Waals surface area contributed by atoms with E-state index in [2.05, 4.69) is 0 Å². The molecule has 0 aromatic heterocycles. The smallest absolute Gasteiger partial charge is 0.335 e. The minimum atomic E-state index is -1.33. The van der Waals surface area contributed by atoms with Gasteiger partial charge in [-0.25, -0.2) is 13.6 Å². The van der Waals surface area contributed by atoms with Gasteiger partial charge in [-0.2, -0.15) is 11.8 Å². The Kier molecular flexibility index (Phi) is 3.75. The number of nitrogens with zero attached hydrogens (tertiary/aromatic N) is 1. The summed E-state index contributed by atoms with van der Waals surface area (Å²) in [5.41, 5.74) is -0.518. The molecule has 2 rings (SSSR count). The van der Waals surface area contributed by atoms with Gasteiger partial charge in [0, 0.05) is 18.8 Å². The molecule has 0 amide bonds. The average Bonchev–Trinajstić information content (AvgIpc) is 2.80. The van der Waals surface area contributed by atoms with Crippen LogP contribution in [0.5, 0.6) is 0 Å². The number of hydrogen-bond acceptors (Lipinski definition) is 3. The van der Waals surface area contributed by atoms with Crippen molar-refractivity contribution in [3.05, 3.63) is 29.3 Å². The number of thioether (sulfide) groups is 1. The normalized spacial score (nSPS) is 18.9. The summed E-state index contributed by atoms with van der Waals surface area (Å²) in [5.74, 6) is -1.18. The van der Waals surface area contributed by atoms with Gasteiger partial charge in [-0.05, 0) is 24.3 Å². The second kappa shape index (κ2) is 5.14. The molecule has 1 aromatic rings. The Hall–Kier alpha value is -1.30. The van der Waals surface area contributed by atoms with Crippen molar-refractivity contribution >= 4 is 23.4 Å². The van der Waals surface area contributed by atoms with Crippen molar-refractivity contribution in [2.75, 3.05) is 23.5 Å². The van der Waals surface area contributed by atoms with Crippen molar-refractivity contribution in [3.63, 3.8) is 0 Å². The van der Waals surface area contributed by atoms with Crippen LogP contribution in [0.25, 0.3) is 0 Å². The first-order valence-corrected chi connectivity index (χ1v) is 6.69. The van der Waals surface area contributed by atoms with Gasteiger partial charge in [-0.1, -0.05) is 0 Å². The van der Waals surface area contributed by atoms with Crippen LogP contribution >= 0.6 is 11.8 Å². The lowest BCUT2D eigenvalue weighted by molar-refractivity contribution is 0.0696. The molecule has 1 aliphatic heterocycles. The molecule has 1 heterocycles. The maximum Gasteiger partial charge on any atom is 0.335 e. The molecule has 6 heteroatoms. The van der Waals surface area contributed by atoms with Gasteiger partial charge in [0.2, 0.25) is 0 Å². The second-order valence-corrected chi connectivity index (χ2v) is 5.37. The van der Waals surface area contributed by atoms with Crippen molar-refractivity contribution in [2.45, 2.75) is 12.5 Å². The van der Waals surface area contributed by atoms with Gasteiger partial charge in [0.25, 0.3) is 0 Å². The molecule has 1 N–H and O–H groups in total. The molecular weight excluding hydrogens is 260 g/mol. The predicted octanol–water partition coefficient (Wildman–Crippen LogP) is 2.60. The molecule has 0 spiro atoms. The minimum absolute atomic E-state index is 0.0923. The highest BCUT2D eigenvalue weighted by molar-refractivity contribution is 7.99. The van der Waals surface area contributed by atoms with Gasteiger partial charge in [0.15, 0.2) is 0 Å². The Balaban J connectivity index is 2.35. The lowest BCUT2D eigenvalue weighted by Gasteiger charge is -2.26. The molecule has 18 heavy (non-hydrogen) atoms. The van der Waals surface area contributed by atoms with E-state index >= 15 is 0 Å². The van der Waals surface area contributed by atoms with E-state index in [1.807, 2.05) is 0 Å². The number of halogens is 2. The SMILES string of the molecule is CN(c1c(F)cc(C(=O)O)cc1F)C1CCSC1. The van der Waals surface area contributed by atoms with Crippen LogP contribution in [0.2, 0.25) is 0 Å². The lowest BCUT2D eigenvalue weighted by Crippen LogP contribution is -2.32. The third kappa shape index (κ3) is 2.43. The third-order valence-electron chi connectivity index (χ3n) is 3.07. The topological polar surface area (TPSA) is 40.5 Å². The predicted molar refractivity (Wildman–Crippen MR) is 67.5 cm³/mol. The molecule has 1 unspecified atom stereocenters. The van der Waals surface area contributed by atoms with Gasteiger partial charge >= 0.3 is 5.97 Å². The van der Waals surface area contributed by atoms with E-state index in [9.17, 15) is 13.6 Å². The highest BCUT2D eigenvalue weighted by atomic mass is 32.2. The second-order valence-electron chi connectivity index (χ2n) is 4.22. The van der Waals surface area contributed by atoms with E-state index in [0.717, 1.165) is 30.1 Å². The maximum atomic E-state index is 13.8. The monoisotopic (exact) mass is 273 g/mol. The summed E-state index contributed by atoms with van der Waals surface area (Å²) in [6.45, 7) is 0. The summed E-state index contributed by atoms with van der Waals surface area (Å²) in [6.07, 6.45) is 0.876. The van der Waals surface area contributed by atoms with E-state index < -0.39 is 17.6 Å². The first-order chi connectivity index (χ1) is 8.50. The number of benzene rings is 1. The minimum Gasteiger partial charge on any atom is -0.478 e. The molecule has 1 fully saturated rings. The quantitative estimate of drug-likeness (QED) is 0.919. The summed E-state index contributed by atoms with van der Waals surface area (Å²) in [6, 6.07) is 1.81. The zero-order chi connectivity index (χ0) is 13.3. The van der Waals surface area contributed by atoms with E-state index in [1.165, 1.54) is 0 Å². The highest BCUT2D eigenvalue weighted by Crippen LogP contribution is 2.30. The first kappa shape index (κ1) is 13.1. The lowest BCUT2D eigenvalue weighted by atomic mass is 10.1. The Morgan fingerprint density at radius 1 is 1.44 bits per heavy atom. The Labute approximate surface area is 108 Å². The van der Waals surface area contributed by atoms with Crippen LogP contribution in [0.3, 0.4) is 0 Å². The molecule has 1 aliphatic rings. The fourth-order valence-corrected chi connectivity index (χ4v) is 3.30. The summed E-state index contributed by atoms with van der Waals surface area (Å²) < 4.78 is 27.6. The van der Waals surface area contributed by atoms with Gasteiger partial charge in [-0.3, -0.25) is 0 Å². The van der Waals surface area contributed by atoms with E-state index in [-0.39, 0.29) is 17.3 Å². The number of anilines is 1. The fraction of sp³-hybridized carbons (Fsp3) is 0.417. The highest BCUT2D eigenvalue weighted by Gasteiger charge is 2.25. The van der Waals surface area contributed by atoms with Crippen molar-refractivity contribution in [1.29, 1.82) is 0 Å². The standard InChI is InChI=1S/C12H13F2NO2S/c1-15(8-2-3-18-6-8)11-9(13)4-7(12(16)17)5-10(11)14/h4-5,8H,2-3,6H2,1H3,(H,16,17). The van der Waals surface area contributed by atoms with Crippen molar-refractivity contribution in [3.8, 4) is 0 Å². The number of carboxylic acid groups (broad SMARTS) is 1. The molecule has 3 nitrogen and oxygen atoms in total. The maximum absolute atomic E-state index is 13.8. The van der Waals surface area contributed by atoms with Crippen molar-refractivity contribution < 1.29 is 18.7 Å². The van der Waals surface area contributed by atoms with Crippen LogP contribution in [-0.2, 0) is 0 Å². The number of carboxylic acids is 1. The fourth-order valence-electron chi connectivity index (χ4n) is 2.04. The summed E-state index contributed by atoms with van der Waals surface area (Å²) >= 11 is 1.74. The van der Waals surface area contributed by atoms with E-state index in [0.29, 0.717) is 0 Å². The van der Waals surface area contributed by atoms with Gasteiger partial charge in [0.05, 0.1) is 5.56 Å². The number of hydrogen-bond donors (Lipinski definition) is 1. The van der Waals surface area contributed by atoms with Crippen LogP contribution in [0.15, 0.2) is 12.1 Å². The average molecular weight is 273 g/mol. The summed E-state index contributed by atoms with van der Waals surface area (Å²) in [4.78, 5) is 12.3. The zero-order valence-electron chi connectivity index (χ0n) is 9.82. The molecule has 98 valence electrons. The Morgan fingerprint density at radius 2 is 2.06 bits per heavy atom. The summed E-state index contributed by atoms with van der Waals surface area (Å²) in [7, 11) is 1.64. The van der Waals surface area contributed by atoms with Crippen LogP contribution in [0.4, 0.5) is 14.5 Å². The summed E-state index contributed by atoms with van der Waals surface area (Å²) in [5, 5.41) is 8.72. The first-order valence-electron chi connectivity index (χ1n) is 5.53.